The second-order valence-electron chi connectivity index (χ2n) is 10.0. The largest absolute Gasteiger partial charge is 0.493 e. The van der Waals surface area contributed by atoms with Crippen LogP contribution in [0, 0.1) is 11.6 Å². The van der Waals surface area contributed by atoms with Gasteiger partial charge in [-0.15, -0.1) is 11.3 Å². The summed E-state index contributed by atoms with van der Waals surface area (Å²) >= 11 is 1.38. The zero-order chi connectivity index (χ0) is 28.2. The van der Waals surface area contributed by atoms with Gasteiger partial charge in [-0.3, -0.25) is 4.79 Å². The summed E-state index contributed by atoms with van der Waals surface area (Å²) in [6.07, 6.45) is 0.595. The number of thiazole rings is 1. The lowest BCUT2D eigenvalue weighted by Gasteiger charge is -2.28. The Morgan fingerprint density at radius 2 is 1.88 bits per heavy atom. The highest BCUT2D eigenvalue weighted by atomic mass is 32.1. The topological polar surface area (TPSA) is 88.7 Å². The number of aromatic nitrogens is 1. The van der Waals surface area contributed by atoms with Crippen molar-refractivity contribution in [1.29, 1.82) is 0 Å². The van der Waals surface area contributed by atoms with Crippen molar-refractivity contribution in [1.82, 2.24) is 9.88 Å². The van der Waals surface area contributed by atoms with Crippen molar-refractivity contribution in [2.45, 2.75) is 44.9 Å². The van der Waals surface area contributed by atoms with Gasteiger partial charge in [-0.25, -0.2) is 13.8 Å². The van der Waals surface area contributed by atoms with E-state index >= 15 is 0 Å². The number of aryl methyl sites for hydroxylation is 1. The minimum absolute atomic E-state index is 0.0477. The van der Waals surface area contributed by atoms with Crippen molar-refractivity contribution in [2.24, 2.45) is 5.73 Å². The first-order chi connectivity index (χ1) is 19.3. The van der Waals surface area contributed by atoms with Gasteiger partial charge in [0.15, 0.2) is 0 Å². The number of nitrogens with two attached hydrogens (primary N) is 1. The zero-order valence-electron chi connectivity index (χ0n) is 22.1. The number of nitrogens with zero attached hydrogens (tertiary/aromatic N) is 2. The Kier molecular flexibility index (Phi) is 8.54. The molecule has 1 aliphatic heterocycles. The molecule has 0 saturated heterocycles. The Labute approximate surface area is 236 Å². The number of hydrogen-bond acceptors (Lipinski definition) is 6. The molecular weight excluding hydrogens is 532 g/mol. The molecule has 6 nitrogen and oxygen atoms in total. The predicted molar refractivity (Wildman–Crippen MR) is 151 cm³/mol. The van der Waals surface area contributed by atoms with Crippen LogP contribution in [0.2, 0.25) is 0 Å². The van der Waals surface area contributed by atoms with E-state index in [4.69, 9.17) is 10.5 Å². The first-order valence-corrected chi connectivity index (χ1v) is 14.1. The molecule has 0 unspecified atom stereocenters. The molecule has 4 aromatic rings. The van der Waals surface area contributed by atoms with Crippen LogP contribution >= 0.6 is 11.3 Å². The number of fused-ring (bicyclic) bond motifs is 1. The van der Waals surface area contributed by atoms with Gasteiger partial charge >= 0.3 is 0 Å². The van der Waals surface area contributed by atoms with E-state index in [1.165, 1.54) is 28.4 Å². The molecule has 208 valence electrons. The van der Waals surface area contributed by atoms with E-state index < -0.39 is 23.8 Å². The van der Waals surface area contributed by atoms with Gasteiger partial charge in [0, 0.05) is 42.6 Å². The minimum Gasteiger partial charge on any atom is -0.493 e. The summed E-state index contributed by atoms with van der Waals surface area (Å²) in [6, 6.07) is 16.1. The molecule has 3 N–H and O–H groups in total. The van der Waals surface area contributed by atoms with Crippen LogP contribution in [0.5, 0.6) is 5.75 Å². The third-order valence-electron chi connectivity index (χ3n) is 7.02. The van der Waals surface area contributed by atoms with Crippen molar-refractivity contribution in [3.05, 3.63) is 106 Å². The molecule has 0 aliphatic carbocycles. The fourth-order valence-corrected chi connectivity index (χ4v) is 5.66. The fourth-order valence-electron chi connectivity index (χ4n) is 4.87. The molecule has 9 heteroatoms. The first kappa shape index (κ1) is 27.9. The van der Waals surface area contributed by atoms with Gasteiger partial charge in [0.1, 0.15) is 28.1 Å². The van der Waals surface area contributed by atoms with Crippen molar-refractivity contribution >= 4 is 17.2 Å². The summed E-state index contributed by atoms with van der Waals surface area (Å²) in [5.74, 6) is -0.876. The van der Waals surface area contributed by atoms with E-state index in [2.05, 4.69) is 11.9 Å². The number of amides is 1. The SMILES string of the molecule is CCc1cccc(CN(C[C@@H](O)[C@@H](N)Cc2cc(F)cc(F)c2)C(=O)c2csc(-c3ccc4c(c3)CCO4)n2)c1. The van der Waals surface area contributed by atoms with Gasteiger partial charge < -0.3 is 20.5 Å². The molecule has 2 heterocycles. The molecular formula is C31H31F2N3O3S. The van der Waals surface area contributed by atoms with Crippen LogP contribution in [0.1, 0.15) is 39.7 Å². The van der Waals surface area contributed by atoms with Gasteiger partial charge in [0.25, 0.3) is 5.91 Å². The lowest BCUT2D eigenvalue weighted by atomic mass is 10.0. The van der Waals surface area contributed by atoms with E-state index in [9.17, 15) is 18.7 Å². The molecule has 0 spiro atoms. The van der Waals surface area contributed by atoms with Gasteiger partial charge in [-0.05, 0) is 65.4 Å². The molecule has 5 rings (SSSR count). The third kappa shape index (κ3) is 6.55. The quantitative estimate of drug-likeness (QED) is 0.278. The number of carbonyl (C=O) groups is 1. The highest BCUT2D eigenvalue weighted by Gasteiger charge is 2.26. The predicted octanol–water partition coefficient (Wildman–Crippen LogP) is 5.16. The second kappa shape index (κ2) is 12.2. The van der Waals surface area contributed by atoms with Crippen LogP contribution in [0.4, 0.5) is 8.78 Å². The van der Waals surface area contributed by atoms with Crippen LogP contribution in [0.3, 0.4) is 0 Å². The standard InChI is InChI=1S/C31H31F2N3O3S/c1-2-19-4-3-5-20(10-19)16-36(17-28(37)26(34)13-21-11-24(32)15-25(33)12-21)31(38)27-18-40-30(35-27)23-6-7-29-22(14-23)8-9-39-29/h3-7,10-12,14-15,18,26,28,37H,2,8-9,13,16-17,34H2,1H3/t26-,28+/m0/s1. The number of ether oxygens (including phenoxy) is 1. The molecule has 40 heavy (non-hydrogen) atoms. The number of aliphatic hydroxyl groups is 1. The molecule has 0 bridgehead atoms. The lowest BCUT2D eigenvalue weighted by Crippen LogP contribution is -2.46. The van der Waals surface area contributed by atoms with Crippen LogP contribution in [0.15, 0.2) is 66.0 Å². The average Bonchev–Trinajstić information content (AvgIpc) is 3.61. The first-order valence-electron chi connectivity index (χ1n) is 13.3. The van der Waals surface area contributed by atoms with Crippen LogP contribution in [-0.4, -0.2) is 46.2 Å². The molecule has 0 saturated carbocycles. The van der Waals surface area contributed by atoms with E-state index in [0.717, 1.165) is 51.9 Å². The lowest BCUT2D eigenvalue weighted by molar-refractivity contribution is 0.0550. The zero-order valence-corrected chi connectivity index (χ0v) is 23.0. The maximum Gasteiger partial charge on any atom is 0.273 e. The van der Waals surface area contributed by atoms with Crippen molar-refractivity contribution < 1.29 is 23.4 Å². The highest BCUT2D eigenvalue weighted by molar-refractivity contribution is 7.13. The fraction of sp³-hybridized carbons (Fsp3) is 0.290. The number of rotatable bonds is 10. The summed E-state index contributed by atoms with van der Waals surface area (Å²) in [6.45, 7) is 2.89. The summed E-state index contributed by atoms with van der Waals surface area (Å²) in [4.78, 5) is 19.9. The second-order valence-corrected chi connectivity index (χ2v) is 10.9. The highest BCUT2D eigenvalue weighted by Crippen LogP contribution is 2.32. The third-order valence-corrected chi connectivity index (χ3v) is 7.91. The Morgan fingerprint density at radius 1 is 1.10 bits per heavy atom. The summed E-state index contributed by atoms with van der Waals surface area (Å²) < 4.78 is 32.9. The van der Waals surface area contributed by atoms with E-state index in [0.29, 0.717) is 12.2 Å². The Bertz CT molecular complexity index is 1490. The maximum atomic E-state index is 13.7. The Balaban J connectivity index is 1.36. The molecule has 2 atom stereocenters. The van der Waals surface area contributed by atoms with Gasteiger partial charge in [0.2, 0.25) is 0 Å². The number of hydrogen-bond donors (Lipinski definition) is 2. The Morgan fingerprint density at radius 3 is 2.65 bits per heavy atom. The maximum absolute atomic E-state index is 13.7. The van der Waals surface area contributed by atoms with Crippen LogP contribution in [-0.2, 0) is 25.8 Å². The summed E-state index contributed by atoms with van der Waals surface area (Å²) in [5.41, 5.74) is 10.9. The smallest absolute Gasteiger partial charge is 0.273 e. The normalized spacial score (nSPS) is 13.9. The van der Waals surface area contributed by atoms with E-state index in [1.54, 1.807) is 5.38 Å². The van der Waals surface area contributed by atoms with Gasteiger partial charge in [0.05, 0.1) is 12.7 Å². The monoisotopic (exact) mass is 563 g/mol. The van der Waals surface area contributed by atoms with Gasteiger partial charge in [-0.1, -0.05) is 31.2 Å². The van der Waals surface area contributed by atoms with Crippen LogP contribution < -0.4 is 10.5 Å². The van der Waals surface area contributed by atoms with Crippen molar-refractivity contribution in [3.63, 3.8) is 0 Å². The van der Waals surface area contributed by atoms with Crippen molar-refractivity contribution in [3.8, 4) is 16.3 Å². The minimum atomic E-state index is -1.14. The molecule has 1 aliphatic rings. The van der Waals surface area contributed by atoms with E-state index in [1.807, 2.05) is 42.5 Å². The number of benzene rings is 3. The number of aliphatic hydroxyl groups excluding tert-OH is 1. The van der Waals surface area contributed by atoms with Crippen LogP contribution in [0.25, 0.3) is 10.6 Å². The molecule has 0 fully saturated rings. The molecule has 3 aromatic carbocycles. The molecule has 1 aromatic heterocycles. The van der Waals surface area contributed by atoms with Crippen molar-refractivity contribution in [2.75, 3.05) is 13.2 Å². The number of carbonyl (C=O) groups excluding carboxylic acids is 1. The summed E-state index contributed by atoms with van der Waals surface area (Å²) in [5, 5.41) is 13.4. The van der Waals surface area contributed by atoms with Gasteiger partial charge in [-0.2, -0.15) is 0 Å². The molecule has 1 amide bonds. The average molecular weight is 564 g/mol. The van der Waals surface area contributed by atoms with E-state index in [-0.39, 0.29) is 31.1 Å². The number of halogens is 2. The summed E-state index contributed by atoms with van der Waals surface area (Å²) in [7, 11) is 0. The Hall–Kier alpha value is -3.66. The molecule has 0 radical (unpaired) electrons.